The highest BCUT2D eigenvalue weighted by Crippen LogP contribution is 2.26. The molecule has 154 valence electrons. The number of carboxylic acids is 2. The standard InChI is InChI=1S/C18H22N2O.C4H4O4/c1-14-8-10-16(11-9-14)18(2,20-17(21)13-19)12-15-6-4-3-5-7-15;5-3(6)1-2-4(7)8/h3-11H,12-13,19H2,1-2H3,(H,20,21);1-2H,(H,5,6)(H,7,8). The lowest BCUT2D eigenvalue weighted by Gasteiger charge is -2.32. The zero-order valence-electron chi connectivity index (χ0n) is 16.5. The second-order valence-electron chi connectivity index (χ2n) is 6.62. The Hall–Kier alpha value is -3.45. The summed E-state index contributed by atoms with van der Waals surface area (Å²) in [6.45, 7) is 4.09. The summed E-state index contributed by atoms with van der Waals surface area (Å²) in [6, 6.07) is 18.4. The summed E-state index contributed by atoms with van der Waals surface area (Å²) in [5, 5.41) is 18.7. The van der Waals surface area contributed by atoms with Gasteiger partial charge >= 0.3 is 11.9 Å². The molecule has 7 nitrogen and oxygen atoms in total. The van der Waals surface area contributed by atoms with Crippen LogP contribution in [0, 0.1) is 6.92 Å². The van der Waals surface area contributed by atoms with E-state index in [0.29, 0.717) is 12.2 Å². The highest BCUT2D eigenvalue weighted by atomic mass is 16.4. The molecule has 1 atom stereocenters. The number of aryl methyl sites for hydroxylation is 1. The van der Waals surface area contributed by atoms with Crippen molar-refractivity contribution in [3.05, 3.63) is 83.4 Å². The van der Waals surface area contributed by atoms with Crippen LogP contribution in [0.1, 0.15) is 23.6 Å². The van der Waals surface area contributed by atoms with Crippen LogP contribution in [0.15, 0.2) is 66.7 Å². The number of carbonyl (C=O) groups is 3. The summed E-state index contributed by atoms with van der Waals surface area (Å²) < 4.78 is 0. The van der Waals surface area contributed by atoms with Crippen molar-refractivity contribution in [1.29, 1.82) is 0 Å². The number of rotatable bonds is 7. The van der Waals surface area contributed by atoms with Gasteiger partial charge in [0.25, 0.3) is 0 Å². The highest BCUT2D eigenvalue weighted by Gasteiger charge is 2.28. The van der Waals surface area contributed by atoms with Gasteiger partial charge in [0.15, 0.2) is 0 Å². The van der Waals surface area contributed by atoms with Crippen LogP contribution in [-0.2, 0) is 26.3 Å². The monoisotopic (exact) mass is 398 g/mol. The largest absolute Gasteiger partial charge is 0.478 e. The summed E-state index contributed by atoms with van der Waals surface area (Å²) in [5.74, 6) is -2.66. The molecule has 0 aliphatic heterocycles. The van der Waals surface area contributed by atoms with Crippen molar-refractivity contribution < 1.29 is 24.6 Å². The highest BCUT2D eigenvalue weighted by molar-refractivity contribution is 5.89. The van der Waals surface area contributed by atoms with E-state index in [1.807, 2.05) is 25.1 Å². The number of carbonyl (C=O) groups excluding carboxylic acids is 1. The van der Waals surface area contributed by atoms with E-state index < -0.39 is 17.5 Å². The number of aliphatic carboxylic acids is 2. The first-order chi connectivity index (χ1) is 13.7. The van der Waals surface area contributed by atoms with Crippen LogP contribution in [-0.4, -0.2) is 34.6 Å². The van der Waals surface area contributed by atoms with E-state index in [9.17, 15) is 14.4 Å². The number of carboxylic acid groups (broad SMARTS) is 2. The van der Waals surface area contributed by atoms with Gasteiger partial charge in [-0.2, -0.15) is 0 Å². The van der Waals surface area contributed by atoms with Crippen molar-refractivity contribution in [2.45, 2.75) is 25.8 Å². The lowest BCUT2D eigenvalue weighted by atomic mass is 9.85. The number of nitrogens with two attached hydrogens (primary N) is 1. The predicted octanol–water partition coefficient (Wildman–Crippen LogP) is 2.24. The van der Waals surface area contributed by atoms with Crippen LogP contribution in [0.2, 0.25) is 0 Å². The molecular weight excluding hydrogens is 372 g/mol. The van der Waals surface area contributed by atoms with Crippen LogP contribution in [0.25, 0.3) is 0 Å². The Kier molecular flexibility index (Phi) is 9.28. The molecule has 2 aromatic rings. The van der Waals surface area contributed by atoms with Gasteiger partial charge in [-0.3, -0.25) is 4.79 Å². The quantitative estimate of drug-likeness (QED) is 0.529. The molecule has 5 N–H and O–H groups in total. The van der Waals surface area contributed by atoms with E-state index in [-0.39, 0.29) is 12.5 Å². The Morgan fingerprint density at radius 3 is 1.93 bits per heavy atom. The van der Waals surface area contributed by atoms with Crippen molar-refractivity contribution in [1.82, 2.24) is 5.32 Å². The maximum absolute atomic E-state index is 11.8. The Bertz CT molecular complexity index is 831. The average molecular weight is 398 g/mol. The van der Waals surface area contributed by atoms with Gasteiger partial charge in [-0.1, -0.05) is 60.2 Å². The van der Waals surface area contributed by atoms with E-state index >= 15 is 0 Å². The Morgan fingerprint density at radius 2 is 1.48 bits per heavy atom. The topological polar surface area (TPSA) is 130 Å². The van der Waals surface area contributed by atoms with Crippen LogP contribution in [0.4, 0.5) is 0 Å². The van der Waals surface area contributed by atoms with E-state index in [4.69, 9.17) is 15.9 Å². The van der Waals surface area contributed by atoms with Crippen molar-refractivity contribution in [3.8, 4) is 0 Å². The van der Waals surface area contributed by atoms with Crippen LogP contribution in [0.3, 0.4) is 0 Å². The predicted molar refractivity (Wildman–Crippen MR) is 110 cm³/mol. The van der Waals surface area contributed by atoms with Crippen molar-refractivity contribution in [3.63, 3.8) is 0 Å². The molecule has 1 unspecified atom stereocenters. The second kappa shape index (κ2) is 11.4. The van der Waals surface area contributed by atoms with Crippen LogP contribution in [0.5, 0.6) is 0 Å². The molecule has 1 amide bonds. The number of hydrogen-bond donors (Lipinski definition) is 4. The molecule has 0 aliphatic rings. The molecule has 0 aromatic heterocycles. The molecular formula is C22H26N2O5. The van der Waals surface area contributed by atoms with E-state index in [2.05, 4.69) is 48.6 Å². The molecule has 0 spiro atoms. The first-order valence-electron chi connectivity index (χ1n) is 8.92. The molecule has 0 bridgehead atoms. The van der Waals surface area contributed by atoms with Crippen molar-refractivity contribution in [2.75, 3.05) is 6.54 Å². The maximum atomic E-state index is 11.8. The third-order valence-electron chi connectivity index (χ3n) is 4.06. The third kappa shape index (κ3) is 8.85. The molecule has 0 heterocycles. The Morgan fingerprint density at radius 1 is 0.966 bits per heavy atom. The molecule has 0 saturated heterocycles. The van der Waals surface area contributed by atoms with Gasteiger partial charge in [-0.25, -0.2) is 9.59 Å². The number of amides is 1. The number of hydrogen-bond acceptors (Lipinski definition) is 4. The zero-order valence-corrected chi connectivity index (χ0v) is 16.5. The molecule has 0 aliphatic carbocycles. The number of benzene rings is 2. The minimum Gasteiger partial charge on any atom is -0.478 e. The Labute approximate surface area is 169 Å². The fourth-order valence-corrected chi connectivity index (χ4v) is 2.65. The molecule has 0 fully saturated rings. The second-order valence-corrected chi connectivity index (χ2v) is 6.62. The Balaban J connectivity index is 0.000000447. The summed E-state index contributed by atoms with van der Waals surface area (Å²) in [7, 11) is 0. The van der Waals surface area contributed by atoms with E-state index in [1.165, 1.54) is 11.1 Å². The van der Waals surface area contributed by atoms with Gasteiger partial charge in [0, 0.05) is 12.2 Å². The lowest BCUT2D eigenvalue weighted by molar-refractivity contribution is -0.134. The molecule has 0 saturated carbocycles. The zero-order chi connectivity index (χ0) is 21.9. The molecule has 7 heteroatoms. The van der Waals surface area contributed by atoms with Gasteiger partial charge in [0.2, 0.25) is 5.91 Å². The summed E-state index contributed by atoms with van der Waals surface area (Å²) in [4.78, 5) is 30.9. The lowest BCUT2D eigenvalue weighted by Crippen LogP contribution is -2.47. The minimum absolute atomic E-state index is 0.00373. The third-order valence-corrected chi connectivity index (χ3v) is 4.06. The van der Waals surface area contributed by atoms with Gasteiger partial charge in [0.1, 0.15) is 0 Å². The van der Waals surface area contributed by atoms with Gasteiger partial charge < -0.3 is 21.3 Å². The van der Waals surface area contributed by atoms with Gasteiger partial charge in [0.05, 0.1) is 12.1 Å². The summed E-state index contributed by atoms with van der Waals surface area (Å²) in [5.41, 5.74) is 8.46. The van der Waals surface area contributed by atoms with Crippen molar-refractivity contribution in [2.24, 2.45) is 5.73 Å². The summed E-state index contributed by atoms with van der Waals surface area (Å²) in [6.07, 6.45) is 1.84. The van der Waals surface area contributed by atoms with Crippen LogP contribution >= 0.6 is 0 Å². The normalized spacial score (nSPS) is 12.4. The first-order valence-corrected chi connectivity index (χ1v) is 8.92. The molecule has 0 radical (unpaired) electrons. The van der Waals surface area contributed by atoms with E-state index in [0.717, 1.165) is 12.0 Å². The fraction of sp³-hybridized carbons (Fsp3) is 0.227. The summed E-state index contributed by atoms with van der Waals surface area (Å²) >= 11 is 0. The van der Waals surface area contributed by atoms with Gasteiger partial charge in [-0.05, 0) is 31.4 Å². The SMILES string of the molecule is Cc1ccc(C(C)(Cc2ccccc2)NC(=O)CN)cc1.O=C(O)C=CC(=O)O. The number of nitrogens with one attached hydrogen (secondary N) is 1. The van der Waals surface area contributed by atoms with E-state index in [1.54, 1.807) is 0 Å². The van der Waals surface area contributed by atoms with Gasteiger partial charge in [-0.15, -0.1) is 0 Å². The fourth-order valence-electron chi connectivity index (χ4n) is 2.65. The molecule has 2 rings (SSSR count). The first kappa shape index (κ1) is 23.6. The average Bonchev–Trinajstić information content (AvgIpc) is 2.68. The van der Waals surface area contributed by atoms with Crippen molar-refractivity contribution >= 4 is 17.8 Å². The minimum atomic E-state index is -1.26. The smallest absolute Gasteiger partial charge is 0.328 e. The maximum Gasteiger partial charge on any atom is 0.328 e. The molecule has 29 heavy (non-hydrogen) atoms. The molecule has 2 aromatic carbocycles. The van der Waals surface area contributed by atoms with Crippen LogP contribution < -0.4 is 11.1 Å².